The quantitative estimate of drug-likeness (QED) is 0.578. The number of phenols is 2. The van der Waals surface area contributed by atoms with Crippen LogP contribution in [-0.4, -0.2) is 39.4 Å². The van der Waals surface area contributed by atoms with Gasteiger partial charge in [-0.3, -0.25) is 4.79 Å². The number of aliphatic hydroxyl groups excluding tert-OH is 2. The van der Waals surface area contributed by atoms with Crippen molar-refractivity contribution in [3.63, 3.8) is 0 Å². The van der Waals surface area contributed by atoms with E-state index in [1.807, 2.05) is 0 Å². The number of ether oxygens (including phenoxy) is 1. The molecule has 2 aromatic carbocycles. The van der Waals surface area contributed by atoms with Crippen LogP contribution in [0, 0.1) is 0 Å². The molecule has 2 rings (SSSR count). The van der Waals surface area contributed by atoms with Crippen LogP contribution in [0.4, 0.5) is 0 Å². The van der Waals surface area contributed by atoms with Crippen molar-refractivity contribution in [1.82, 2.24) is 0 Å². The molecule has 6 heteroatoms. The highest BCUT2D eigenvalue weighted by atomic mass is 16.5. The van der Waals surface area contributed by atoms with Crippen molar-refractivity contribution in [3.8, 4) is 17.2 Å². The molecular formula is C20H22O6. The number of aromatic hydroxyl groups is 2. The average molecular weight is 358 g/mol. The van der Waals surface area contributed by atoms with E-state index in [0.717, 1.165) is 5.56 Å². The molecule has 0 amide bonds. The molecule has 138 valence electrons. The minimum absolute atomic E-state index is 0.0513. The van der Waals surface area contributed by atoms with Gasteiger partial charge in [-0.05, 0) is 35.4 Å². The maximum Gasteiger partial charge on any atom is 0.160 e. The van der Waals surface area contributed by atoms with Crippen LogP contribution in [0.25, 0.3) is 6.08 Å². The molecule has 0 fully saturated rings. The van der Waals surface area contributed by atoms with Crippen LogP contribution >= 0.6 is 0 Å². The summed E-state index contributed by atoms with van der Waals surface area (Å²) >= 11 is 0. The van der Waals surface area contributed by atoms with E-state index in [4.69, 9.17) is 4.74 Å². The van der Waals surface area contributed by atoms with Crippen LogP contribution in [0.2, 0.25) is 0 Å². The molecule has 6 nitrogen and oxygen atoms in total. The Morgan fingerprint density at radius 1 is 1.08 bits per heavy atom. The highest BCUT2D eigenvalue weighted by Crippen LogP contribution is 2.30. The van der Waals surface area contributed by atoms with Crippen molar-refractivity contribution in [2.24, 2.45) is 0 Å². The Morgan fingerprint density at radius 2 is 1.77 bits per heavy atom. The van der Waals surface area contributed by atoms with Gasteiger partial charge in [0.15, 0.2) is 11.5 Å². The molecule has 2 atom stereocenters. The second kappa shape index (κ2) is 9.03. The molecule has 0 bridgehead atoms. The predicted molar refractivity (Wildman–Crippen MR) is 97.0 cm³/mol. The van der Waals surface area contributed by atoms with Crippen molar-refractivity contribution in [1.29, 1.82) is 0 Å². The van der Waals surface area contributed by atoms with E-state index in [1.165, 1.54) is 43.5 Å². The highest BCUT2D eigenvalue weighted by molar-refractivity contribution is 5.80. The molecule has 0 aromatic heterocycles. The molecule has 0 radical (unpaired) electrons. The number of phenolic OH excluding ortho intramolecular Hbond substituents is 2. The first-order valence-electron chi connectivity index (χ1n) is 8.11. The molecule has 0 spiro atoms. The van der Waals surface area contributed by atoms with Gasteiger partial charge in [0.25, 0.3) is 0 Å². The maximum atomic E-state index is 12.0. The summed E-state index contributed by atoms with van der Waals surface area (Å²) in [5.74, 6) is 0.0144. The third-order valence-electron chi connectivity index (χ3n) is 3.85. The van der Waals surface area contributed by atoms with E-state index in [1.54, 1.807) is 18.2 Å². The van der Waals surface area contributed by atoms with E-state index >= 15 is 0 Å². The van der Waals surface area contributed by atoms with Crippen LogP contribution in [0.15, 0.2) is 48.5 Å². The fraction of sp³-hybridized carbons (Fsp3) is 0.250. The van der Waals surface area contributed by atoms with Gasteiger partial charge < -0.3 is 25.2 Å². The summed E-state index contributed by atoms with van der Waals surface area (Å²) in [5.41, 5.74) is 1.23. The van der Waals surface area contributed by atoms with Crippen molar-refractivity contribution < 1.29 is 30.0 Å². The number of hydrogen-bond acceptors (Lipinski definition) is 6. The minimum Gasteiger partial charge on any atom is -0.508 e. The van der Waals surface area contributed by atoms with Crippen molar-refractivity contribution in [2.75, 3.05) is 7.11 Å². The van der Waals surface area contributed by atoms with Gasteiger partial charge in [0, 0.05) is 12.8 Å². The maximum absolute atomic E-state index is 12.0. The second-order valence-corrected chi connectivity index (χ2v) is 5.91. The van der Waals surface area contributed by atoms with E-state index in [2.05, 4.69) is 0 Å². The van der Waals surface area contributed by atoms with Gasteiger partial charge in [-0.25, -0.2) is 0 Å². The molecule has 26 heavy (non-hydrogen) atoms. The molecule has 4 N–H and O–H groups in total. The van der Waals surface area contributed by atoms with E-state index in [9.17, 15) is 25.2 Å². The number of carbonyl (C=O) groups is 1. The lowest BCUT2D eigenvalue weighted by Crippen LogP contribution is -2.14. The lowest BCUT2D eigenvalue weighted by Gasteiger charge is -2.13. The zero-order chi connectivity index (χ0) is 19.1. The molecule has 0 heterocycles. The standard InChI is InChI=1S/C20H22O6/c1-26-20-10-14(5-9-18(20)24)19(25)12-17(23)11-16(22)8-4-13-2-6-15(21)7-3-13/h2-10,16,19,21-22,24-25H,11-12H2,1H3/b8-4+. The molecule has 0 saturated carbocycles. The Labute approximate surface area is 151 Å². The van der Waals surface area contributed by atoms with Gasteiger partial charge >= 0.3 is 0 Å². The number of rotatable bonds is 8. The summed E-state index contributed by atoms with van der Waals surface area (Å²) in [6, 6.07) is 10.8. The van der Waals surface area contributed by atoms with Gasteiger partial charge in [0.2, 0.25) is 0 Å². The van der Waals surface area contributed by atoms with E-state index in [-0.39, 0.29) is 35.9 Å². The van der Waals surface area contributed by atoms with Crippen LogP contribution in [0.3, 0.4) is 0 Å². The Morgan fingerprint density at radius 3 is 2.42 bits per heavy atom. The molecule has 0 aliphatic heterocycles. The van der Waals surface area contributed by atoms with Gasteiger partial charge in [0.1, 0.15) is 11.5 Å². The van der Waals surface area contributed by atoms with Crippen LogP contribution in [0.5, 0.6) is 17.2 Å². The Balaban J connectivity index is 1.89. The summed E-state index contributed by atoms with van der Waals surface area (Å²) in [5, 5.41) is 38.9. The topological polar surface area (TPSA) is 107 Å². The Bertz CT molecular complexity index is 766. The molecule has 2 aromatic rings. The third-order valence-corrected chi connectivity index (χ3v) is 3.85. The summed E-state index contributed by atoms with van der Waals surface area (Å²) < 4.78 is 4.98. The molecule has 2 unspecified atom stereocenters. The summed E-state index contributed by atoms with van der Waals surface area (Å²) in [7, 11) is 1.40. The fourth-order valence-electron chi connectivity index (χ4n) is 2.43. The SMILES string of the molecule is COc1cc(C(O)CC(=O)CC(O)/C=C/c2ccc(O)cc2)ccc1O. The number of ketones is 1. The van der Waals surface area contributed by atoms with E-state index in [0.29, 0.717) is 5.56 Å². The minimum atomic E-state index is -1.05. The Kier molecular flexibility index (Phi) is 6.77. The number of aliphatic hydroxyl groups is 2. The van der Waals surface area contributed by atoms with Gasteiger partial charge in [-0.2, -0.15) is 0 Å². The summed E-state index contributed by atoms with van der Waals surface area (Å²) in [6.45, 7) is 0. The number of hydrogen-bond donors (Lipinski definition) is 4. The summed E-state index contributed by atoms with van der Waals surface area (Å²) in [6.07, 6.45) is 0.834. The van der Waals surface area contributed by atoms with Gasteiger partial charge in [0.05, 0.1) is 19.3 Å². The zero-order valence-electron chi connectivity index (χ0n) is 14.4. The number of benzene rings is 2. The van der Waals surface area contributed by atoms with Gasteiger partial charge in [-0.1, -0.05) is 30.4 Å². The molecule has 0 aliphatic carbocycles. The molecule has 0 aliphatic rings. The Hall–Kier alpha value is -2.83. The van der Waals surface area contributed by atoms with Gasteiger partial charge in [-0.15, -0.1) is 0 Å². The second-order valence-electron chi connectivity index (χ2n) is 5.91. The largest absolute Gasteiger partial charge is 0.508 e. The normalized spacial score (nSPS) is 13.5. The number of methoxy groups -OCH3 is 1. The number of Topliss-reactive ketones (excluding diaryl/α,β-unsaturated/α-hetero) is 1. The predicted octanol–water partition coefficient (Wildman–Crippen LogP) is 2.56. The van der Waals surface area contributed by atoms with Crippen LogP contribution < -0.4 is 4.74 Å². The number of carbonyl (C=O) groups excluding carboxylic acids is 1. The fourth-order valence-corrected chi connectivity index (χ4v) is 2.43. The van der Waals surface area contributed by atoms with Crippen molar-refractivity contribution >= 4 is 11.9 Å². The first kappa shape index (κ1) is 19.5. The van der Waals surface area contributed by atoms with Crippen molar-refractivity contribution in [2.45, 2.75) is 25.0 Å². The molecule has 0 saturated heterocycles. The third kappa shape index (κ3) is 5.61. The highest BCUT2D eigenvalue weighted by Gasteiger charge is 2.17. The lowest BCUT2D eigenvalue weighted by atomic mass is 10.0. The summed E-state index contributed by atoms with van der Waals surface area (Å²) in [4.78, 5) is 12.0. The first-order chi connectivity index (χ1) is 12.4. The average Bonchev–Trinajstić information content (AvgIpc) is 2.61. The van der Waals surface area contributed by atoms with E-state index < -0.39 is 12.2 Å². The zero-order valence-corrected chi connectivity index (χ0v) is 14.4. The van der Waals surface area contributed by atoms with Crippen LogP contribution in [0.1, 0.15) is 30.1 Å². The first-order valence-corrected chi connectivity index (χ1v) is 8.11. The monoisotopic (exact) mass is 358 g/mol. The van der Waals surface area contributed by atoms with Crippen molar-refractivity contribution in [3.05, 3.63) is 59.7 Å². The van der Waals surface area contributed by atoms with Crippen LogP contribution in [-0.2, 0) is 4.79 Å². The smallest absolute Gasteiger partial charge is 0.160 e. The molecular weight excluding hydrogens is 336 g/mol. The lowest BCUT2D eigenvalue weighted by molar-refractivity contribution is -0.122.